The molecule has 2 aromatic carbocycles. The van der Waals surface area contributed by atoms with E-state index in [1.165, 1.54) is 12.1 Å². The van der Waals surface area contributed by atoms with E-state index < -0.39 is 17.6 Å². The van der Waals surface area contributed by atoms with Crippen molar-refractivity contribution in [2.75, 3.05) is 5.32 Å². The molecule has 4 aromatic rings. The summed E-state index contributed by atoms with van der Waals surface area (Å²) in [5, 5.41) is 25.5. The largest absolute Gasteiger partial charge is 0.505 e. The van der Waals surface area contributed by atoms with Crippen LogP contribution < -0.4 is 5.32 Å². The summed E-state index contributed by atoms with van der Waals surface area (Å²) in [6, 6.07) is 11.6. The fourth-order valence-electron chi connectivity index (χ4n) is 4.03. The lowest BCUT2D eigenvalue weighted by atomic mass is 9.95. The van der Waals surface area contributed by atoms with Crippen LogP contribution in [0, 0.1) is 10.7 Å². The van der Waals surface area contributed by atoms with Crippen LogP contribution in [0.4, 0.5) is 10.1 Å². The van der Waals surface area contributed by atoms with Crippen LogP contribution >= 0.6 is 0 Å². The molecular weight excluding hydrogens is 373 g/mol. The second kappa shape index (κ2) is 6.37. The zero-order chi connectivity index (χ0) is 20.1. The van der Waals surface area contributed by atoms with Gasteiger partial charge < -0.3 is 15.0 Å². The van der Waals surface area contributed by atoms with Crippen LogP contribution in [0.15, 0.2) is 53.8 Å². The highest BCUT2D eigenvalue weighted by Crippen LogP contribution is 2.45. The summed E-state index contributed by atoms with van der Waals surface area (Å²) in [4.78, 5) is 11.0. The summed E-state index contributed by atoms with van der Waals surface area (Å²) in [6.45, 7) is -0.0978. The molecule has 3 heterocycles. The lowest BCUT2D eigenvalue weighted by Gasteiger charge is -2.20. The number of fused-ring (bicyclic) bond motifs is 2. The molecule has 1 atom stereocenters. The number of nitroso groups, excluding NO2 is 1. The van der Waals surface area contributed by atoms with Crippen LogP contribution in [0.5, 0.6) is 5.75 Å². The molecule has 0 aliphatic carbocycles. The van der Waals surface area contributed by atoms with Crippen LogP contribution in [0.25, 0.3) is 22.2 Å². The third kappa shape index (κ3) is 2.56. The normalized spacial score (nSPS) is 14.9. The van der Waals surface area contributed by atoms with E-state index in [-0.39, 0.29) is 6.54 Å². The number of nitrogens with zero attached hydrogens (tertiary/aromatic N) is 4. The highest BCUT2D eigenvalue weighted by molar-refractivity contribution is 6.02. The Kier molecular flexibility index (Phi) is 3.80. The Hall–Kier alpha value is -3.81. The van der Waals surface area contributed by atoms with Crippen molar-refractivity contribution < 1.29 is 9.50 Å². The summed E-state index contributed by atoms with van der Waals surface area (Å²) < 4.78 is 16.0. The van der Waals surface area contributed by atoms with Gasteiger partial charge in [0.2, 0.25) is 0 Å². The molecule has 1 aliphatic rings. The molecule has 0 fully saturated rings. The first kappa shape index (κ1) is 17.3. The van der Waals surface area contributed by atoms with Gasteiger partial charge in [-0.3, -0.25) is 0 Å². The number of benzene rings is 2. The third-order valence-corrected chi connectivity index (χ3v) is 5.31. The van der Waals surface area contributed by atoms with Gasteiger partial charge in [-0.05, 0) is 23.8 Å². The van der Waals surface area contributed by atoms with Gasteiger partial charge in [0.1, 0.15) is 6.54 Å². The van der Waals surface area contributed by atoms with Gasteiger partial charge in [-0.25, -0.2) is 4.39 Å². The van der Waals surface area contributed by atoms with Crippen molar-refractivity contribution in [1.29, 1.82) is 0 Å². The molecule has 0 radical (unpaired) electrons. The number of aryl methyl sites for hydroxylation is 1. The van der Waals surface area contributed by atoms with Gasteiger partial charge in [-0.15, -0.1) is 5.10 Å². The molecule has 8 heteroatoms. The Morgan fingerprint density at radius 3 is 2.86 bits per heavy atom. The molecule has 0 spiro atoms. The average molecular weight is 389 g/mol. The number of hydrogen-bond acceptors (Lipinski definition) is 6. The molecule has 5 rings (SSSR count). The SMILES string of the molecule is Cn1cc2c3c(c(CN=O)nnc31)-c1ccccc1NC2c1ccc(O)c(F)c1. The maximum Gasteiger partial charge on any atom is 0.165 e. The number of para-hydroxylation sites is 1. The Bertz CT molecular complexity index is 1280. The smallest absolute Gasteiger partial charge is 0.165 e. The molecule has 0 bridgehead atoms. The van der Waals surface area contributed by atoms with Crippen molar-refractivity contribution in [1.82, 2.24) is 14.8 Å². The minimum absolute atomic E-state index is 0.0978. The van der Waals surface area contributed by atoms with E-state index in [4.69, 9.17) is 0 Å². The first-order valence-corrected chi connectivity index (χ1v) is 9.06. The molecule has 1 aliphatic heterocycles. The van der Waals surface area contributed by atoms with Gasteiger partial charge >= 0.3 is 0 Å². The maximum atomic E-state index is 14.1. The van der Waals surface area contributed by atoms with E-state index in [1.807, 2.05) is 42.1 Å². The Morgan fingerprint density at radius 1 is 1.24 bits per heavy atom. The minimum Gasteiger partial charge on any atom is -0.505 e. The monoisotopic (exact) mass is 389 g/mol. The van der Waals surface area contributed by atoms with Crippen LogP contribution in [0.2, 0.25) is 0 Å². The maximum absolute atomic E-state index is 14.1. The fraction of sp³-hybridized carbons (Fsp3) is 0.143. The fourth-order valence-corrected chi connectivity index (χ4v) is 4.03. The summed E-state index contributed by atoms with van der Waals surface area (Å²) in [6.07, 6.45) is 1.93. The standard InChI is InChI=1S/C21H16FN5O2/c1-27-10-13-19-18(16(9-23-29)25-26-21(19)27)12-4-2-3-5-15(12)24-20(13)11-6-7-17(28)14(22)8-11/h2-8,10,20,24,28H,9H2,1H3. The first-order valence-electron chi connectivity index (χ1n) is 9.06. The minimum atomic E-state index is -0.687. The van der Waals surface area contributed by atoms with Crippen molar-refractivity contribution in [3.8, 4) is 16.9 Å². The number of phenols is 1. The van der Waals surface area contributed by atoms with E-state index in [0.717, 1.165) is 27.8 Å². The van der Waals surface area contributed by atoms with Crippen molar-refractivity contribution in [2.45, 2.75) is 12.6 Å². The summed E-state index contributed by atoms with van der Waals surface area (Å²) in [5.74, 6) is -1.08. The van der Waals surface area contributed by atoms with Crippen LogP contribution in [-0.4, -0.2) is 19.9 Å². The number of nitrogens with one attached hydrogen (secondary N) is 1. The van der Waals surface area contributed by atoms with Gasteiger partial charge in [-0.2, -0.15) is 10.0 Å². The highest BCUT2D eigenvalue weighted by Gasteiger charge is 2.29. The van der Waals surface area contributed by atoms with E-state index >= 15 is 0 Å². The van der Waals surface area contributed by atoms with Crippen LogP contribution in [0.1, 0.15) is 22.9 Å². The van der Waals surface area contributed by atoms with Crippen molar-refractivity contribution in [3.05, 3.63) is 76.2 Å². The van der Waals surface area contributed by atoms with Crippen LogP contribution in [0.3, 0.4) is 0 Å². The summed E-state index contributed by atoms with van der Waals surface area (Å²) in [7, 11) is 1.86. The van der Waals surface area contributed by atoms with Crippen molar-refractivity contribution >= 4 is 16.7 Å². The Balaban J connectivity index is 1.88. The quantitative estimate of drug-likeness (QED) is 0.511. The van der Waals surface area contributed by atoms with Crippen molar-refractivity contribution in [2.24, 2.45) is 12.2 Å². The van der Waals surface area contributed by atoms with Gasteiger partial charge in [0.05, 0.1) is 11.7 Å². The topological polar surface area (TPSA) is 92.4 Å². The number of aromatic nitrogens is 3. The van der Waals surface area contributed by atoms with E-state index in [1.54, 1.807) is 6.07 Å². The molecule has 1 unspecified atom stereocenters. The van der Waals surface area contributed by atoms with Gasteiger partial charge in [0.25, 0.3) is 0 Å². The summed E-state index contributed by atoms with van der Waals surface area (Å²) >= 11 is 0. The Morgan fingerprint density at radius 2 is 2.07 bits per heavy atom. The van der Waals surface area contributed by atoms with Crippen LogP contribution in [-0.2, 0) is 13.6 Å². The van der Waals surface area contributed by atoms with E-state index in [2.05, 4.69) is 20.7 Å². The summed E-state index contributed by atoms with van der Waals surface area (Å²) in [5.41, 5.74) is 5.18. The van der Waals surface area contributed by atoms with Crippen molar-refractivity contribution in [3.63, 3.8) is 0 Å². The molecular formula is C21H16FN5O2. The Labute approximate surface area is 164 Å². The molecule has 29 heavy (non-hydrogen) atoms. The first-order chi connectivity index (χ1) is 14.1. The number of phenolic OH excluding ortho intramolecular Hbond substituents is 1. The second-order valence-corrected chi connectivity index (χ2v) is 7.04. The van der Waals surface area contributed by atoms with Gasteiger partial charge in [0.15, 0.2) is 17.2 Å². The van der Waals surface area contributed by atoms with Gasteiger partial charge in [-0.1, -0.05) is 29.4 Å². The number of hydrogen-bond donors (Lipinski definition) is 2. The molecule has 0 amide bonds. The molecule has 0 saturated heterocycles. The number of rotatable bonds is 3. The zero-order valence-corrected chi connectivity index (χ0v) is 15.4. The number of anilines is 1. The zero-order valence-electron chi connectivity index (χ0n) is 15.4. The third-order valence-electron chi connectivity index (χ3n) is 5.31. The molecule has 2 aromatic heterocycles. The number of halogens is 1. The predicted octanol–water partition coefficient (Wildman–Crippen LogP) is 4.26. The molecule has 2 N–H and O–H groups in total. The molecule has 144 valence electrons. The second-order valence-electron chi connectivity index (χ2n) is 7.04. The molecule has 7 nitrogen and oxygen atoms in total. The van der Waals surface area contributed by atoms with Gasteiger partial charge in [0, 0.05) is 41.0 Å². The number of aromatic hydroxyl groups is 1. The van der Waals surface area contributed by atoms with E-state index in [9.17, 15) is 14.4 Å². The predicted molar refractivity (Wildman–Crippen MR) is 107 cm³/mol. The lowest BCUT2D eigenvalue weighted by molar-refractivity contribution is 0.431. The van der Waals surface area contributed by atoms with E-state index in [0.29, 0.717) is 16.9 Å². The lowest BCUT2D eigenvalue weighted by Crippen LogP contribution is -2.11. The highest BCUT2D eigenvalue weighted by atomic mass is 19.1. The average Bonchev–Trinajstić information content (AvgIpc) is 2.97. The molecule has 0 saturated carbocycles.